The Morgan fingerprint density at radius 1 is 1.10 bits per heavy atom. The molecule has 1 N–H and O–H groups in total. The number of rotatable bonds is 7. The third-order valence-corrected chi connectivity index (χ3v) is 4.42. The van der Waals surface area contributed by atoms with Crippen LogP contribution in [0.5, 0.6) is 0 Å². The summed E-state index contributed by atoms with van der Waals surface area (Å²) in [5.74, 6) is -0.916. The van der Waals surface area contributed by atoms with E-state index in [1.807, 2.05) is 6.92 Å². The summed E-state index contributed by atoms with van der Waals surface area (Å²) in [5, 5.41) is 7.05. The number of hydrogen-bond donors (Lipinski definition) is 1. The SMILES string of the molecule is CCOC(=O)c1ccn(-c2ccc(NC(=O)CC(C)c3ccc(F)cc3)cc2)n1. The quantitative estimate of drug-likeness (QED) is 0.605. The van der Waals surface area contributed by atoms with Gasteiger partial charge in [0.05, 0.1) is 12.3 Å². The average molecular weight is 395 g/mol. The maximum atomic E-state index is 13.0. The summed E-state index contributed by atoms with van der Waals surface area (Å²) >= 11 is 0. The molecule has 0 aliphatic heterocycles. The molecule has 1 heterocycles. The predicted octanol–water partition coefficient (Wildman–Crippen LogP) is 4.32. The Morgan fingerprint density at radius 2 is 1.79 bits per heavy atom. The van der Waals surface area contributed by atoms with E-state index < -0.39 is 5.97 Å². The number of hydrogen-bond acceptors (Lipinski definition) is 4. The first-order chi connectivity index (χ1) is 14.0. The standard InChI is InChI=1S/C22H22FN3O3/c1-3-29-22(28)20-12-13-26(25-20)19-10-8-18(9-11-19)24-21(27)14-15(2)16-4-6-17(23)7-5-16/h4-13,15H,3,14H2,1-2H3,(H,24,27). The van der Waals surface area contributed by atoms with Gasteiger partial charge in [0.25, 0.3) is 0 Å². The molecule has 1 aromatic heterocycles. The zero-order valence-electron chi connectivity index (χ0n) is 16.3. The first-order valence-corrected chi connectivity index (χ1v) is 9.35. The number of anilines is 1. The van der Waals surface area contributed by atoms with Crippen molar-refractivity contribution in [3.8, 4) is 5.69 Å². The van der Waals surface area contributed by atoms with Gasteiger partial charge in [0.2, 0.25) is 5.91 Å². The lowest BCUT2D eigenvalue weighted by atomic mass is 9.97. The number of halogens is 1. The molecule has 3 rings (SSSR count). The Bertz CT molecular complexity index is 981. The van der Waals surface area contributed by atoms with Gasteiger partial charge in [-0.15, -0.1) is 0 Å². The van der Waals surface area contributed by atoms with E-state index in [1.54, 1.807) is 60.3 Å². The monoisotopic (exact) mass is 395 g/mol. The molecule has 0 saturated heterocycles. The molecule has 2 aromatic carbocycles. The predicted molar refractivity (Wildman–Crippen MR) is 108 cm³/mol. The second-order valence-corrected chi connectivity index (χ2v) is 6.62. The Hall–Kier alpha value is -3.48. The fourth-order valence-corrected chi connectivity index (χ4v) is 2.88. The molecule has 0 radical (unpaired) electrons. The molecule has 0 spiro atoms. The van der Waals surface area contributed by atoms with Crippen molar-refractivity contribution in [3.63, 3.8) is 0 Å². The summed E-state index contributed by atoms with van der Waals surface area (Å²) in [7, 11) is 0. The van der Waals surface area contributed by atoms with Gasteiger partial charge < -0.3 is 10.1 Å². The van der Waals surface area contributed by atoms with Gasteiger partial charge in [-0.3, -0.25) is 4.79 Å². The fraction of sp³-hybridized carbons (Fsp3) is 0.227. The van der Waals surface area contributed by atoms with Gasteiger partial charge in [0.1, 0.15) is 5.82 Å². The van der Waals surface area contributed by atoms with Crippen LogP contribution < -0.4 is 5.32 Å². The lowest BCUT2D eigenvalue weighted by Crippen LogP contribution is -2.14. The molecule has 150 valence electrons. The first kappa shape index (κ1) is 20.3. The highest BCUT2D eigenvalue weighted by Gasteiger charge is 2.13. The number of esters is 1. The van der Waals surface area contributed by atoms with Gasteiger partial charge in [-0.25, -0.2) is 13.9 Å². The molecule has 0 aliphatic rings. The third kappa shape index (κ3) is 5.28. The van der Waals surface area contributed by atoms with Crippen molar-refractivity contribution in [1.29, 1.82) is 0 Å². The Kier molecular flexibility index (Phi) is 6.39. The van der Waals surface area contributed by atoms with Crippen LogP contribution in [0.1, 0.15) is 42.2 Å². The average Bonchev–Trinajstić information content (AvgIpc) is 3.19. The molecule has 3 aromatic rings. The number of ether oxygens (including phenoxy) is 1. The van der Waals surface area contributed by atoms with E-state index in [2.05, 4.69) is 10.4 Å². The van der Waals surface area contributed by atoms with Gasteiger partial charge in [-0.1, -0.05) is 19.1 Å². The Morgan fingerprint density at radius 3 is 2.45 bits per heavy atom. The van der Waals surface area contributed by atoms with Crippen LogP contribution in [0, 0.1) is 5.82 Å². The zero-order chi connectivity index (χ0) is 20.8. The Labute approximate surface area is 168 Å². The molecule has 0 saturated carbocycles. The molecule has 0 fully saturated rings. The van der Waals surface area contributed by atoms with Crippen LogP contribution in [0.4, 0.5) is 10.1 Å². The van der Waals surface area contributed by atoms with Crippen LogP contribution in [0.3, 0.4) is 0 Å². The summed E-state index contributed by atoms with van der Waals surface area (Å²) in [6.07, 6.45) is 1.96. The molecular formula is C22H22FN3O3. The van der Waals surface area contributed by atoms with E-state index in [-0.39, 0.29) is 29.8 Å². The van der Waals surface area contributed by atoms with Gasteiger partial charge in [-0.05, 0) is 60.9 Å². The van der Waals surface area contributed by atoms with Gasteiger partial charge in [0, 0.05) is 18.3 Å². The van der Waals surface area contributed by atoms with Crippen molar-refractivity contribution in [2.24, 2.45) is 0 Å². The lowest BCUT2D eigenvalue weighted by molar-refractivity contribution is -0.116. The minimum absolute atomic E-state index is 0.0276. The summed E-state index contributed by atoms with van der Waals surface area (Å²) in [4.78, 5) is 24.0. The van der Waals surface area contributed by atoms with Gasteiger partial charge in [0.15, 0.2) is 5.69 Å². The summed E-state index contributed by atoms with van der Waals surface area (Å²) in [6.45, 7) is 3.96. The lowest BCUT2D eigenvalue weighted by Gasteiger charge is -2.12. The maximum Gasteiger partial charge on any atom is 0.358 e. The molecule has 0 aliphatic carbocycles. The highest BCUT2D eigenvalue weighted by Crippen LogP contribution is 2.21. The summed E-state index contributed by atoms with van der Waals surface area (Å²) in [6, 6.07) is 14.9. The molecule has 6 nitrogen and oxygen atoms in total. The van der Waals surface area contributed by atoms with Crippen molar-refractivity contribution in [1.82, 2.24) is 9.78 Å². The number of amides is 1. The molecular weight excluding hydrogens is 373 g/mol. The van der Waals surface area contributed by atoms with Crippen LogP contribution in [-0.4, -0.2) is 28.3 Å². The number of aromatic nitrogens is 2. The number of benzene rings is 2. The largest absolute Gasteiger partial charge is 0.461 e. The van der Waals surface area contributed by atoms with Crippen LogP contribution in [0.25, 0.3) is 5.69 Å². The van der Waals surface area contributed by atoms with Gasteiger partial charge in [-0.2, -0.15) is 5.10 Å². The topological polar surface area (TPSA) is 73.2 Å². The summed E-state index contributed by atoms with van der Waals surface area (Å²) in [5.41, 5.74) is 2.55. The number of carbonyl (C=O) groups excluding carboxylic acids is 2. The first-order valence-electron chi connectivity index (χ1n) is 9.35. The van der Waals surface area contributed by atoms with E-state index in [0.717, 1.165) is 11.3 Å². The van der Waals surface area contributed by atoms with Gasteiger partial charge >= 0.3 is 5.97 Å². The molecule has 1 unspecified atom stereocenters. The maximum absolute atomic E-state index is 13.0. The van der Waals surface area contributed by atoms with E-state index in [1.165, 1.54) is 12.1 Å². The highest BCUT2D eigenvalue weighted by atomic mass is 19.1. The number of nitrogens with one attached hydrogen (secondary N) is 1. The van der Waals surface area contributed by atoms with Crippen LogP contribution >= 0.6 is 0 Å². The van der Waals surface area contributed by atoms with Crippen molar-refractivity contribution in [2.75, 3.05) is 11.9 Å². The van der Waals surface area contributed by atoms with Crippen LogP contribution in [0.2, 0.25) is 0 Å². The number of carbonyl (C=O) groups is 2. The highest BCUT2D eigenvalue weighted by molar-refractivity contribution is 5.91. The van der Waals surface area contributed by atoms with E-state index >= 15 is 0 Å². The van der Waals surface area contributed by atoms with Crippen molar-refractivity contribution in [2.45, 2.75) is 26.2 Å². The Balaban J connectivity index is 1.59. The van der Waals surface area contributed by atoms with Crippen LogP contribution in [0.15, 0.2) is 60.8 Å². The van der Waals surface area contributed by atoms with Crippen molar-refractivity contribution >= 4 is 17.6 Å². The second-order valence-electron chi connectivity index (χ2n) is 6.62. The normalized spacial score (nSPS) is 11.7. The fourth-order valence-electron chi connectivity index (χ4n) is 2.88. The number of nitrogens with zero attached hydrogens (tertiary/aromatic N) is 2. The van der Waals surface area contributed by atoms with Crippen molar-refractivity contribution in [3.05, 3.63) is 77.9 Å². The minimum atomic E-state index is -0.467. The van der Waals surface area contributed by atoms with Crippen molar-refractivity contribution < 1.29 is 18.7 Å². The zero-order valence-corrected chi connectivity index (χ0v) is 16.3. The molecule has 1 amide bonds. The van der Waals surface area contributed by atoms with Crippen LogP contribution in [-0.2, 0) is 9.53 Å². The smallest absolute Gasteiger partial charge is 0.358 e. The molecule has 29 heavy (non-hydrogen) atoms. The van der Waals surface area contributed by atoms with E-state index in [4.69, 9.17) is 4.74 Å². The molecule has 1 atom stereocenters. The summed E-state index contributed by atoms with van der Waals surface area (Å²) < 4.78 is 19.5. The van der Waals surface area contributed by atoms with E-state index in [9.17, 15) is 14.0 Å². The second kappa shape index (κ2) is 9.14. The van der Waals surface area contributed by atoms with E-state index in [0.29, 0.717) is 12.3 Å². The third-order valence-electron chi connectivity index (χ3n) is 4.42. The minimum Gasteiger partial charge on any atom is -0.461 e. The molecule has 0 bridgehead atoms. The molecule has 7 heteroatoms.